The second-order valence-corrected chi connectivity index (χ2v) is 6.06. The number of alkyl carbamates (subject to hydrolysis) is 1. The average Bonchev–Trinajstić information content (AvgIpc) is 2.36. The lowest BCUT2D eigenvalue weighted by atomic mass is 9.92. The molecule has 1 aromatic rings. The van der Waals surface area contributed by atoms with E-state index in [1.165, 1.54) is 6.92 Å². The smallest absolute Gasteiger partial charge is 0.408 e. The van der Waals surface area contributed by atoms with Crippen LogP contribution in [0.4, 0.5) is 4.79 Å². The molecule has 6 nitrogen and oxygen atoms in total. The fourth-order valence-corrected chi connectivity index (χ4v) is 1.84. The highest BCUT2D eigenvalue weighted by molar-refractivity contribution is 5.89. The Morgan fingerprint density at radius 2 is 1.71 bits per heavy atom. The number of benzene rings is 1. The van der Waals surface area contributed by atoms with Gasteiger partial charge >= 0.3 is 6.09 Å². The second kappa shape index (κ2) is 6.58. The normalized spacial score (nSPS) is 14.0. The Morgan fingerprint density at radius 3 is 2.19 bits per heavy atom. The largest absolute Gasteiger partial charge is 0.444 e. The van der Waals surface area contributed by atoms with Gasteiger partial charge in [0.2, 0.25) is 0 Å². The molecule has 6 heteroatoms. The summed E-state index contributed by atoms with van der Waals surface area (Å²) in [7, 11) is 0. The van der Waals surface area contributed by atoms with Crippen LogP contribution < -0.4 is 10.8 Å². The highest BCUT2D eigenvalue weighted by Gasteiger charge is 2.36. The van der Waals surface area contributed by atoms with Gasteiger partial charge in [-0.3, -0.25) is 10.0 Å². The Bertz CT molecular complexity index is 496. The van der Waals surface area contributed by atoms with Crippen molar-refractivity contribution in [2.45, 2.75) is 45.3 Å². The van der Waals surface area contributed by atoms with E-state index in [9.17, 15) is 9.59 Å². The van der Waals surface area contributed by atoms with Crippen molar-refractivity contribution >= 4 is 12.0 Å². The van der Waals surface area contributed by atoms with Crippen molar-refractivity contribution in [3.63, 3.8) is 0 Å². The van der Waals surface area contributed by atoms with Gasteiger partial charge < -0.3 is 10.1 Å². The van der Waals surface area contributed by atoms with E-state index in [0.29, 0.717) is 0 Å². The van der Waals surface area contributed by atoms with Crippen LogP contribution in [-0.4, -0.2) is 28.3 Å². The summed E-state index contributed by atoms with van der Waals surface area (Å²) in [5.41, 5.74) is 0.438. The van der Waals surface area contributed by atoms with Crippen molar-refractivity contribution < 1.29 is 19.5 Å². The van der Waals surface area contributed by atoms with Gasteiger partial charge in [-0.05, 0) is 33.3 Å². The predicted octanol–water partition coefficient (Wildman–Crippen LogP) is 2.02. The fraction of sp³-hybridized carbons (Fsp3) is 0.467. The van der Waals surface area contributed by atoms with Crippen LogP contribution in [0.5, 0.6) is 0 Å². The van der Waals surface area contributed by atoms with Crippen molar-refractivity contribution in [2.24, 2.45) is 0 Å². The highest BCUT2D eigenvalue weighted by Crippen LogP contribution is 2.15. The lowest BCUT2D eigenvalue weighted by Gasteiger charge is -2.30. The average molecular weight is 294 g/mol. The first-order chi connectivity index (χ1) is 9.66. The maximum absolute atomic E-state index is 11.9. The molecule has 0 aliphatic heterocycles. The van der Waals surface area contributed by atoms with Crippen LogP contribution in [0.15, 0.2) is 30.3 Å². The second-order valence-electron chi connectivity index (χ2n) is 6.06. The van der Waals surface area contributed by atoms with E-state index >= 15 is 0 Å². The molecule has 0 saturated carbocycles. The zero-order chi connectivity index (χ0) is 16.1. The summed E-state index contributed by atoms with van der Waals surface area (Å²) >= 11 is 0. The number of hydrogen-bond acceptors (Lipinski definition) is 4. The molecule has 0 radical (unpaired) electrons. The molecule has 0 spiro atoms. The molecule has 0 aromatic heterocycles. The quantitative estimate of drug-likeness (QED) is 0.585. The molecule has 2 amide bonds. The van der Waals surface area contributed by atoms with Gasteiger partial charge in [0.05, 0.1) is 0 Å². The van der Waals surface area contributed by atoms with E-state index in [0.717, 1.165) is 5.56 Å². The molecule has 1 aromatic carbocycles. The minimum Gasteiger partial charge on any atom is -0.444 e. The zero-order valence-electron chi connectivity index (χ0n) is 12.8. The summed E-state index contributed by atoms with van der Waals surface area (Å²) in [5, 5.41) is 11.4. The first-order valence-electron chi connectivity index (χ1n) is 6.66. The van der Waals surface area contributed by atoms with Crippen molar-refractivity contribution in [3.8, 4) is 0 Å². The topological polar surface area (TPSA) is 87.7 Å². The summed E-state index contributed by atoms with van der Waals surface area (Å²) < 4.78 is 5.15. The summed E-state index contributed by atoms with van der Waals surface area (Å²) in [5.74, 6) is -0.711. The molecule has 0 aliphatic carbocycles. The Balaban J connectivity index is 2.89. The minimum atomic E-state index is -1.32. The Hall–Kier alpha value is -2.08. The number of carbonyl (C=O) groups is 2. The molecule has 1 unspecified atom stereocenters. The van der Waals surface area contributed by atoms with Gasteiger partial charge in [0.1, 0.15) is 11.1 Å². The van der Waals surface area contributed by atoms with E-state index in [-0.39, 0.29) is 6.42 Å². The molecular weight excluding hydrogens is 272 g/mol. The maximum Gasteiger partial charge on any atom is 0.408 e. The zero-order valence-corrected chi connectivity index (χ0v) is 12.8. The van der Waals surface area contributed by atoms with Crippen LogP contribution in [0.25, 0.3) is 0 Å². The van der Waals surface area contributed by atoms with E-state index in [4.69, 9.17) is 9.94 Å². The van der Waals surface area contributed by atoms with Crippen molar-refractivity contribution in [1.29, 1.82) is 0 Å². The maximum atomic E-state index is 11.9. The first kappa shape index (κ1) is 17.0. The Morgan fingerprint density at radius 1 is 1.14 bits per heavy atom. The molecule has 1 atom stereocenters. The van der Waals surface area contributed by atoms with Crippen LogP contribution in [0.1, 0.15) is 33.3 Å². The lowest BCUT2D eigenvalue weighted by molar-refractivity contribution is -0.135. The van der Waals surface area contributed by atoms with Gasteiger partial charge in [-0.2, -0.15) is 0 Å². The van der Waals surface area contributed by atoms with Gasteiger partial charge in [-0.15, -0.1) is 0 Å². The molecule has 3 N–H and O–H groups in total. The number of hydrogen-bond donors (Lipinski definition) is 3. The van der Waals surface area contributed by atoms with Gasteiger partial charge in [-0.1, -0.05) is 30.3 Å². The van der Waals surface area contributed by atoms with E-state index in [1.807, 2.05) is 30.3 Å². The minimum absolute atomic E-state index is 0.222. The van der Waals surface area contributed by atoms with Gasteiger partial charge in [-0.25, -0.2) is 10.3 Å². The van der Waals surface area contributed by atoms with Gasteiger partial charge in [0.25, 0.3) is 5.91 Å². The Labute approximate surface area is 124 Å². The van der Waals surface area contributed by atoms with E-state index in [1.54, 1.807) is 26.3 Å². The van der Waals surface area contributed by atoms with Crippen molar-refractivity contribution in [1.82, 2.24) is 10.8 Å². The number of amides is 2. The third-order valence-corrected chi connectivity index (χ3v) is 2.78. The van der Waals surface area contributed by atoms with Gasteiger partial charge in [0, 0.05) is 6.42 Å². The molecule has 0 aliphatic rings. The standard InChI is InChI=1S/C15H22N2O4/c1-14(2,3)21-13(19)16-15(4,12(18)17-20)10-11-8-6-5-7-9-11/h5-9,20H,10H2,1-4H3,(H,16,19)(H,17,18). The SMILES string of the molecule is CC(C)(C)OC(=O)NC(C)(Cc1ccccc1)C(=O)NO. The molecule has 0 bridgehead atoms. The number of nitrogens with one attached hydrogen (secondary N) is 2. The molecule has 1 rings (SSSR count). The molecule has 116 valence electrons. The van der Waals surface area contributed by atoms with Crippen LogP contribution in [-0.2, 0) is 16.0 Å². The van der Waals surface area contributed by atoms with Gasteiger partial charge in [0.15, 0.2) is 0 Å². The molecule has 0 heterocycles. The van der Waals surface area contributed by atoms with E-state index in [2.05, 4.69) is 5.32 Å². The molecule has 0 fully saturated rings. The molecule has 21 heavy (non-hydrogen) atoms. The summed E-state index contributed by atoms with van der Waals surface area (Å²) in [4.78, 5) is 23.8. The number of carbonyl (C=O) groups excluding carboxylic acids is 2. The van der Waals surface area contributed by atoms with Crippen LogP contribution in [0, 0.1) is 0 Å². The summed E-state index contributed by atoms with van der Waals surface area (Å²) in [6.45, 7) is 6.71. The van der Waals surface area contributed by atoms with Crippen molar-refractivity contribution in [2.75, 3.05) is 0 Å². The summed E-state index contributed by atoms with van der Waals surface area (Å²) in [6, 6.07) is 9.19. The Kier molecular flexibility index (Phi) is 5.32. The van der Waals surface area contributed by atoms with E-state index < -0.39 is 23.1 Å². The van der Waals surface area contributed by atoms with Crippen molar-refractivity contribution in [3.05, 3.63) is 35.9 Å². The first-order valence-corrected chi connectivity index (χ1v) is 6.66. The third kappa shape index (κ3) is 5.43. The predicted molar refractivity (Wildman–Crippen MR) is 77.8 cm³/mol. The highest BCUT2D eigenvalue weighted by atomic mass is 16.6. The molecular formula is C15H22N2O4. The third-order valence-electron chi connectivity index (χ3n) is 2.78. The number of rotatable bonds is 4. The lowest BCUT2D eigenvalue weighted by Crippen LogP contribution is -2.58. The number of ether oxygens (including phenoxy) is 1. The fourth-order valence-electron chi connectivity index (χ4n) is 1.84. The molecule has 0 saturated heterocycles. The monoisotopic (exact) mass is 294 g/mol. The van der Waals surface area contributed by atoms with Crippen LogP contribution >= 0.6 is 0 Å². The summed E-state index contributed by atoms with van der Waals surface area (Å²) in [6.07, 6.45) is -0.496. The van der Waals surface area contributed by atoms with Crippen LogP contribution in [0.2, 0.25) is 0 Å². The van der Waals surface area contributed by atoms with Crippen LogP contribution in [0.3, 0.4) is 0 Å². The number of hydroxylamine groups is 1.